The lowest BCUT2D eigenvalue weighted by Gasteiger charge is -2.51. The van der Waals surface area contributed by atoms with Gasteiger partial charge in [0.25, 0.3) is 0 Å². The first-order valence-electron chi connectivity index (χ1n) is 19.0. The summed E-state index contributed by atoms with van der Waals surface area (Å²) in [5.41, 5.74) is 0. The number of hydrogen-bond acceptors (Lipinski definition) is 26. The Bertz CT molecular complexity index is 1380. The molecule has 6 fully saturated rings. The number of carboxylic acids is 1. The Morgan fingerprint density at radius 1 is 0.517 bits per heavy atom. The lowest BCUT2D eigenvalue weighted by Crippen LogP contribution is -2.69. The summed E-state index contributed by atoms with van der Waals surface area (Å²) in [5, 5.41) is 157. The quantitative estimate of drug-likeness (QED) is 0.0865. The van der Waals surface area contributed by atoms with Gasteiger partial charge < -0.3 is 129 Å². The Hall–Kier alpha value is -1.53. The fourth-order valence-corrected chi connectivity index (χ4v) is 7.94. The third-order valence-corrected chi connectivity index (χ3v) is 11.4. The van der Waals surface area contributed by atoms with Crippen molar-refractivity contribution in [2.24, 2.45) is 5.92 Å². The fourth-order valence-electron chi connectivity index (χ4n) is 7.94. The molecule has 5 unspecified atom stereocenters. The molecule has 6 aliphatic rings. The maximum atomic E-state index is 12.1. The summed E-state index contributed by atoms with van der Waals surface area (Å²) >= 11 is 0. The summed E-state index contributed by atoms with van der Waals surface area (Å²) in [4.78, 5) is 12.1. The van der Waals surface area contributed by atoms with Crippen molar-refractivity contribution >= 4 is 5.97 Å². The van der Waals surface area contributed by atoms with E-state index in [9.17, 15) is 81.4 Å². The van der Waals surface area contributed by atoms with Crippen molar-refractivity contribution < 1.29 is 133 Å². The molecule has 6 saturated heterocycles. The van der Waals surface area contributed by atoms with Crippen molar-refractivity contribution in [3.63, 3.8) is 0 Å². The Morgan fingerprint density at radius 2 is 0.950 bits per heavy atom. The number of aliphatic hydroxyl groups is 14. The van der Waals surface area contributed by atoms with Crippen LogP contribution in [0, 0.1) is 5.92 Å². The summed E-state index contributed by atoms with van der Waals surface area (Å²) in [7, 11) is 1.05. The molecular formula is C33H54O27. The highest BCUT2D eigenvalue weighted by atomic mass is 16.8. The maximum absolute atomic E-state index is 12.1. The summed E-state index contributed by atoms with van der Waals surface area (Å²) in [5.74, 6) is -3.20. The van der Waals surface area contributed by atoms with Crippen LogP contribution in [-0.2, 0) is 56.9 Å². The molecule has 0 aliphatic carbocycles. The first-order chi connectivity index (χ1) is 28.4. The lowest BCUT2D eigenvalue weighted by atomic mass is 9.78. The zero-order valence-electron chi connectivity index (χ0n) is 31.7. The summed E-state index contributed by atoms with van der Waals surface area (Å²) in [6.07, 6.45) is -43.1. The van der Waals surface area contributed by atoms with Gasteiger partial charge in [-0.2, -0.15) is 0 Å². The van der Waals surface area contributed by atoms with Crippen LogP contribution >= 0.6 is 0 Å². The van der Waals surface area contributed by atoms with E-state index in [-0.39, 0.29) is 6.61 Å². The number of carbonyl (C=O) groups is 1. The van der Waals surface area contributed by atoms with E-state index in [4.69, 9.17) is 52.1 Å². The second kappa shape index (κ2) is 20.1. The van der Waals surface area contributed by atoms with Crippen LogP contribution in [0.3, 0.4) is 0 Å². The van der Waals surface area contributed by atoms with Crippen molar-refractivity contribution in [2.75, 3.05) is 40.1 Å². The molecular weight excluding hydrogens is 828 g/mol. The minimum Gasteiger partial charge on any atom is -0.479 e. The fraction of sp³-hybridized carbons (Fsp3) is 0.970. The highest BCUT2D eigenvalue weighted by Crippen LogP contribution is 2.39. The molecule has 6 heterocycles. The molecule has 15 N–H and O–H groups in total. The zero-order chi connectivity index (χ0) is 43.9. The van der Waals surface area contributed by atoms with Crippen LogP contribution in [0.4, 0.5) is 0 Å². The van der Waals surface area contributed by atoms with Gasteiger partial charge in [0.05, 0.1) is 51.3 Å². The van der Waals surface area contributed by atoms with Gasteiger partial charge in [0.1, 0.15) is 97.7 Å². The van der Waals surface area contributed by atoms with Crippen LogP contribution in [0.2, 0.25) is 0 Å². The van der Waals surface area contributed by atoms with Gasteiger partial charge in [-0.25, -0.2) is 4.79 Å². The molecule has 6 aliphatic heterocycles. The van der Waals surface area contributed by atoms with Gasteiger partial charge in [0, 0.05) is 13.0 Å². The minimum atomic E-state index is -2.03. The van der Waals surface area contributed by atoms with E-state index in [1.54, 1.807) is 0 Å². The van der Waals surface area contributed by atoms with E-state index < -0.39 is 192 Å². The SMILES string of the molecule is CO[C@H]1[C@H](O)[C@@H](O[C@@H]2OC[C@@H](O[C@@H]3OC[C@@H](O[C@@H]4OC[C@@H](O[C@@H]5OC[C@@H](O)[C@H](O)[C@H]5O)[C@H](O)[C@H]4O)[C@H](O)[C@H]3O)[C@H](O)[C@H]2O)[C@@H](C2C(CO)OC(O)C(O)C2O)O[C@@H]1C(=O)O. The zero-order valence-corrected chi connectivity index (χ0v) is 31.7. The van der Waals surface area contributed by atoms with Crippen LogP contribution in [0.5, 0.6) is 0 Å². The number of aliphatic carboxylic acids is 1. The normalized spacial score (nSPS) is 53.1. The smallest absolute Gasteiger partial charge is 0.335 e. The first kappa shape index (κ1) is 47.9. The van der Waals surface area contributed by atoms with Gasteiger partial charge in [0.15, 0.2) is 37.6 Å². The second-order valence-corrected chi connectivity index (χ2v) is 15.3. The van der Waals surface area contributed by atoms with Crippen molar-refractivity contribution in [3.8, 4) is 0 Å². The van der Waals surface area contributed by atoms with Gasteiger partial charge in [-0.3, -0.25) is 0 Å². The van der Waals surface area contributed by atoms with Gasteiger partial charge in [0.2, 0.25) is 0 Å². The number of ether oxygens (including phenoxy) is 11. The van der Waals surface area contributed by atoms with Gasteiger partial charge in [-0.1, -0.05) is 0 Å². The molecule has 0 radical (unpaired) electrons. The number of methoxy groups -OCH3 is 1. The molecule has 0 saturated carbocycles. The van der Waals surface area contributed by atoms with Crippen molar-refractivity contribution in [2.45, 2.75) is 154 Å². The van der Waals surface area contributed by atoms with Crippen LogP contribution in [-0.4, -0.2) is 276 Å². The van der Waals surface area contributed by atoms with Crippen LogP contribution in [0.25, 0.3) is 0 Å². The number of aliphatic hydroxyl groups excluding tert-OH is 14. The van der Waals surface area contributed by atoms with E-state index in [1.165, 1.54) is 0 Å². The van der Waals surface area contributed by atoms with Crippen molar-refractivity contribution in [1.29, 1.82) is 0 Å². The summed E-state index contributed by atoms with van der Waals surface area (Å²) < 4.78 is 60.2. The molecule has 0 spiro atoms. The van der Waals surface area contributed by atoms with Gasteiger partial charge in [-0.15, -0.1) is 0 Å². The third-order valence-electron chi connectivity index (χ3n) is 11.4. The second-order valence-electron chi connectivity index (χ2n) is 15.3. The minimum absolute atomic E-state index is 0.387. The van der Waals surface area contributed by atoms with E-state index in [1.807, 2.05) is 0 Å². The predicted octanol–water partition coefficient (Wildman–Crippen LogP) is -10.5. The molecule has 6 rings (SSSR count). The average Bonchev–Trinajstić information content (AvgIpc) is 3.22. The summed E-state index contributed by atoms with van der Waals surface area (Å²) in [6.45, 7) is -2.87. The molecule has 348 valence electrons. The molecule has 27 nitrogen and oxygen atoms in total. The van der Waals surface area contributed by atoms with Crippen LogP contribution in [0.15, 0.2) is 0 Å². The molecule has 0 aromatic rings. The van der Waals surface area contributed by atoms with Crippen molar-refractivity contribution in [3.05, 3.63) is 0 Å². The number of hydrogen-bond donors (Lipinski definition) is 15. The monoisotopic (exact) mass is 882 g/mol. The maximum Gasteiger partial charge on any atom is 0.335 e. The topological polar surface area (TPSA) is 422 Å². The highest BCUT2D eigenvalue weighted by Gasteiger charge is 2.59. The van der Waals surface area contributed by atoms with Gasteiger partial charge in [-0.05, 0) is 0 Å². The Kier molecular flexibility index (Phi) is 16.1. The van der Waals surface area contributed by atoms with Crippen molar-refractivity contribution in [1.82, 2.24) is 0 Å². The Labute approximate surface area is 339 Å². The standard InChI is InChI=1S/C33H54O27/c1-50-25-23(46)26(24(59-27(25)28(47)48)12-8(2-34)55-29(49)18(41)17(12)40)60-33-22(45)16(39)11(6-54-33)58-32-21(44)15(38)10(5-53-32)57-31-20(43)14(37)9(4-52-31)56-30-19(42)13(36)7(35)3-51-30/h7-27,29-46,49H,2-6H2,1H3,(H,47,48)/t7-,8?,9-,10-,11-,12?,13+,14+,15+,16+,17?,18?,19-,20-,21-,22-,23+,24-,25+,26-,27+,29?,30+,31+,32+,33+/m1/s1. The van der Waals surface area contributed by atoms with E-state index in [0.29, 0.717) is 0 Å². The first-order valence-corrected chi connectivity index (χ1v) is 19.0. The molecule has 26 atom stereocenters. The van der Waals surface area contributed by atoms with E-state index >= 15 is 0 Å². The Morgan fingerprint density at radius 3 is 1.38 bits per heavy atom. The highest BCUT2D eigenvalue weighted by molar-refractivity contribution is 5.73. The molecule has 0 bridgehead atoms. The van der Waals surface area contributed by atoms with E-state index in [0.717, 1.165) is 7.11 Å². The average molecular weight is 883 g/mol. The molecule has 0 amide bonds. The van der Waals surface area contributed by atoms with Crippen LogP contribution in [0.1, 0.15) is 0 Å². The molecule has 0 aromatic heterocycles. The molecule has 60 heavy (non-hydrogen) atoms. The largest absolute Gasteiger partial charge is 0.479 e. The third kappa shape index (κ3) is 9.61. The molecule has 27 heteroatoms. The lowest BCUT2D eigenvalue weighted by molar-refractivity contribution is -0.366. The van der Waals surface area contributed by atoms with Crippen LogP contribution < -0.4 is 0 Å². The Balaban J connectivity index is 1.04. The number of carboxylic acid groups (broad SMARTS) is 1. The molecule has 0 aromatic carbocycles. The van der Waals surface area contributed by atoms with Gasteiger partial charge >= 0.3 is 5.97 Å². The predicted molar refractivity (Wildman–Crippen MR) is 179 cm³/mol. The summed E-state index contributed by atoms with van der Waals surface area (Å²) in [6, 6.07) is 0. The van der Waals surface area contributed by atoms with E-state index in [2.05, 4.69) is 0 Å². The number of rotatable bonds is 12.